The lowest BCUT2D eigenvalue weighted by molar-refractivity contribution is 0.460. The topological polar surface area (TPSA) is 63.4 Å². The van der Waals surface area contributed by atoms with E-state index in [0.717, 1.165) is 27.6 Å². The zero-order valence-corrected chi connectivity index (χ0v) is 12.7. The van der Waals surface area contributed by atoms with E-state index in [0.29, 0.717) is 0 Å². The molecule has 2 rings (SSSR count). The third kappa shape index (κ3) is 3.40. The Morgan fingerprint density at radius 2 is 1.90 bits per heavy atom. The van der Waals surface area contributed by atoms with Gasteiger partial charge in [-0.2, -0.15) is 4.31 Å². The van der Waals surface area contributed by atoms with Gasteiger partial charge in [-0.05, 0) is 30.7 Å². The molecule has 2 aromatic rings. The molecule has 0 saturated heterocycles. The minimum Gasteiger partial charge on any atom is -0.399 e. The number of hydrogen-bond donors (Lipinski definition) is 1. The molecule has 0 fully saturated rings. The van der Waals surface area contributed by atoms with E-state index in [4.69, 9.17) is 5.73 Å². The summed E-state index contributed by atoms with van der Waals surface area (Å²) in [6.07, 6.45) is 0. The molecule has 2 aromatic carbocycles. The molecule has 6 heteroatoms. The van der Waals surface area contributed by atoms with Crippen LogP contribution in [0.15, 0.2) is 47.4 Å². The van der Waals surface area contributed by atoms with Gasteiger partial charge in [0, 0.05) is 19.3 Å². The average Bonchev–Trinajstić information content (AvgIpc) is 2.41. The van der Waals surface area contributed by atoms with E-state index in [-0.39, 0.29) is 12.2 Å². The maximum Gasteiger partial charge on any atom is 0.246 e. The molecule has 0 amide bonds. The Hall–Kier alpha value is -1.92. The van der Waals surface area contributed by atoms with Crippen LogP contribution in [0.4, 0.5) is 10.1 Å². The largest absolute Gasteiger partial charge is 0.399 e. The van der Waals surface area contributed by atoms with Gasteiger partial charge in [0.2, 0.25) is 10.0 Å². The van der Waals surface area contributed by atoms with Crippen LogP contribution in [0.1, 0.15) is 11.1 Å². The van der Waals surface area contributed by atoms with E-state index in [2.05, 4.69) is 0 Å². The standard InChI is InChI=1S/C15H17FN2O2S/c1-11-4-3-5-12(8-11)10-18(2)21(19,20)15-9-13(17)6-7-14(15)16/h3-9H,10,17H2,1-2H3. The smallest absolute Gasteiger partial charge is 0.246 e. The SMILES string of the molecule is Cc1cccc(CN(C)S(=O)(=O)c2cc(N)ccc2F)c1. The molecule has 0 aromatic heterocycles. The van der Waals surface area contributed by atoms with Crippen LogP contribution in [0.5, 0.6) is 0 Å². The minimum absolute atomic E-state index is 0.165. The lowest BCUT2D eigenvalue weighted by Crippen LogP contribution is -2.27. The molecule has 0 aliphatic carbocycles. The number of anilines is 1. The Labute approximate surface area is 124 Å². The summed E-state index contributed by atoms with van der Waals surface area (Å²) in [6.45, 7) is 2.09. The summed E-state index contributed by atoms with van der Waals surface area (Å²) in [4.78, 5) is -0.405. The number of aryl methyl sites for hydroxylation is 1. The van der Waals surface area contributed by atoms with Gasteiger partial charge in [0.05, 0.1) is 0 Å². The summed E-state index contributed by atoms with van der Waals surface area (Å²) in [5.74, 6) is -0.805. The van der Waals surface area contributed by atoms with Gasteiger partial charge in [0.1, 0.15) is 10.7 Å². The summed E-state index contributed by atoms with van der Waals surface area (Å²) >= 11 is 0. The van der Waals surface area contributed by atoms with Crippen LogP contribution in [0.25, 0.3) is 0 Å². The number of sulfonamides is 1. The molecule has 0 aliphatic heterocycles. The Balaban J connectivity index is 2.33. The molecular weight excluding hydrogens is 291 g/mol. The highest BCUT2D eigenvalue weighted by Crippen LogP contribution is 2.22. The second kappa shape index (κ2) is 5.83. The molecule has 0 aliphatic rings. The molecule has 2 N–H and O–H groups in total. The van der Waals surface area contributed by atoms with Crippen LogP contribution >= 0.6 is 0 Å². The van der Waals surface area contributed by atoms with Crippen molar-refractivity contribution in [1.29, 1.82) is 0 Å². The van der Waals surface area contributed by atoms with Crippen molar-refractivity contribution in [1.82, 2.24) is 4.31 Å². The highest BCUT2D eigenvalue weighted by atomic mass is 32.2. The molecule has 0 radical (unpaired) electrons. The van der Waals surface area contributed by atoms with E-state index in [9.17, 15) is 12.8 Å². The predicted octanol–water partition coefficient (Wildman–Crippen LogP) is 2.54. The van der Waals surface area contributed by atoms with E-state index in [1.54, 1.807) is 0 Å². The minimum atomic E-state index is -3.92. The summed E-state index contributed by atoms with van der Waals surface area (Å²) in [6, 6.07) is 11.0. The zero-order valence-electron chi connectivity index (χ0n) is 11.9. The number of nitrogens with zero attached hydrogens (tertiary/aromatic N) is 1. The van der Waals surface area contributed by atoms with E-state index in [1.165, 1.54) is 13.1 Å². The predicted molar refractivity (Wildman–Crippen MR) is 80.6 cm³/mol. The molecule has 0 bridgehead atoms. The van der Waals surface area contributed by atoms with Gasteiger partial charge in [-0.1, -0.05) is 29.8 Å². The van der Waals surface area contributed by atoms with Crippen LogP contribution in [0.2, 0.25) is 0 Å². The van der Waals surface area contributed by atoms with Gasteiger partial charge in [-0.25, -0.2) is 12.8 Å². The molecule has 112 valence electrons. The van der Waals surface area contributed by atoms with Gasteiger partial charge >= 0.3 is 0 Å². The van der Waals surface area contributed by atoms with E-state index < -0.39 is 20.7 Å². The van der Waals surface area contributed by atoms with Crippen molar-refractivity contribution in [2.45, 2.75) is 18.4 Å². The van der Waals surface area contributed by atoms with Gasteiger partial charge in [-0.15, -0.1) is 0 Å². The molecule has 0 atom stereocenters. The number of nitrogens with two attached hydrogens (primary N) is 1. The normalized spacial score (nSPS) is 11.8. The fourth-order valence-corrected chi connectivity index (χ4v) is 3.29. The molecule has 21 heavy (non-hydrogen) atoms. The van der Waals surface area contributed by atoms with Crippen LogP contribution < -0.4 is 5.73 Å². The molecule has 0 saturated carbocycles. The Bertz CT molecular complexity index is 760. The second-order valence-electron chi connectivity index (χ2n) is 4.94. The monoisotopic (exact) mass is 308 g/mol. The van der Waals surface area contributed by atoms with Crippen LogP contribution in [-0.4, -0.2) is 19.8 Å². The maximum absolute atomic E-state index is 13.8. The molecule has 4 nitrogen and oxygen atoms in total. The van der Waals surface area contributed by atoms with Crippen molar-refractivity contribution in [3.63, 3.8) is 0 Å². The molecule has 0 heterocycles. The van der Waals surface area contributed by atoms with Crippen LogP contribution in [0.3, 0.4) is 0 Å². The van der Waals surface area contributed by atoms with Gasteiger partial charge < -0.3 is 5.73 Å². The average molecular weight is 308 g/mol. The first-order valence-electron chi connectivity index (χ1n) is 6.37. The third-order valence-corrected chi connectivity index (χ3v) is 4.95. The first-order valence-corrected chi connectivity index (χ1v) is 7.81. The Kier molecular flexibility index (Phi) is 4.29. The van der Waals surface area contributed by atoms with Crippen molar-refractivity contribution in [2.24, 2.45) is 0 Å². The Morgan fingerprint density at radius 1 is 1.19 bits per heavy atom. The summed E-state index contributed by atoms with van der Waals surface area (Å²) < 4.78 is 39.7. The highest BCUT2D eigenvalue weighted by Gasteiger charge is 2.24. The Morgan fingerprint density at radius 3 is 2.57 bits per heavy atom. The van der Waals surface area contributed by atoms with Crippen molar-refractivity contribution in [3.05, 3.63) is 59.4 Å². The number of hydrogen-bond acceptors (Lipinski definition) is 3. The van der Waals surface area contributed by atoms with Crippen molar-refractivity contribution < 1.29 is 12.8 Å². The van der Waals surface area contributed by atoms with Crippen LogP contribution in [-0.2, 0) is 16.6 Å². The van der Waals surface area contributed by atoms with Gasteiger partial charge in [0.25, 0.3) is 0 Å². The quantitative estimate of drug-likeness (QED) is 0.883. The highest BCUT2D eigenvalue weighted by molar-refractivity contribution is 7.89. The third-order valence-electron chi connectivity index (χ3n) is 3.13. The first-order chi connectivity index (χ1) is 9.80. The number of halogens is 1. The second-order valence-corrected chi connectivity index (χ2v) is 6.95. The van der Waals surface area contributed by atoms with Crippen molar-refractivity contribution >= 4 is 15.7 Å². The van der Waals surface area contributed by atoms with E-state index in [1.807, 2.05) is 31.2 Å². The summed E-state index contributed by atoms with van der Waals surface area (Å²) in [5, 5.41) is 0. The molecule has 0 spiro atoms. The summed E-state index contributed by atoms with van der Waals surface area (Å²) in [7, 11) is -2.51. The maximum atomic E-state index is 13.8. The van der Waals surface area contributed by atoms with Crippen LogP contribution in [0, 0.1) is 12.7 Å². The fraction of sp³-hybridized carbons (Fsp3) is 0.200. The van der Waals surface area contributed by atoms with Gasteiger partial charge in [-0.3, -0.25) is 0 Å². The lowest BCUT2D eigenvalue weighted by Gasteiger charge is -2.18. The lowest BCUT2D eigenvalue weighted by atomic mass is 10.1. The van der Waals surface area contributed by atoms with Gasteiger partial charge in [0.15, 0.2) is 0 Å². The molecule has 0 unspecified atom stereocenters. The first kappa shape index (κ1) is 15.5. The summed E-state index contributed by atoms with van der Waals surface area (Å²) in [5.41, 5.74) is 7.63. The fourth-order valence-electron chi connectivity index (χ4n) is 2.04. The zero-order chi connectivity index (χ0) is 15.6. The number of benzene rings is 2. The number of nitrogen functional groups attached to an aromatic ring is 1. The van der Waals surface area contributed by atoms with E-state index >= 15 is 0 Å². The van der Waals surface area contributed by atoms with Crippen molar-refractivity contribution in [3.8, 4) is 0 Å². The number of rotatable bonds is 4. The van der Waals surface area contributed by atoms with Crippen molar-refractivity contribution in [2.75, 3.05) is 12.8 Å². The molecular formula is C15H17FN2O2S.